The molecule has 0 aromatic carbocycles. The maximum Gasteiger partial charge on any atom is 0.0612 e. The van der Waals surface area contributed by atoms with E-state index in [-0.39, 0.29) is 0 Å². The van der Waals surface area contributed by atoms with Crippen molar-refractivity contribution in [2.45, 2.75) is 78.2 Å². The Balaban J connectivity index is 1.56. The maximum absolute atomic E-state index is 6.16. The van der Waals surface area contributed by atoms with E-state index in [0.29, 0.717) is 22.3 Å². The summed E-state index contributed by atoms with van der Waals surface area (Å²) in [6.45, 7) is 8.94. The highest BCUT2D eigenvalue weighted by molar-refractivity contribution is 5.16. The van der Waals surface area contributed by atoms with Crippen molar-refractivity contribution in [1.29, 1.82) is 0 Å². The highest BCUT2D eigenvalue weighted by Gasteiger charge is 2.67. The van der Waals surface area contributed by atoms with Crippen molar-refractivity contribution in [2.75, 3.05) is 6.61 Å². The monoisotopic (exact) mass is 288 g/mol. The van der Waals surface area contributed by atoms with Crippen molar-refractivity contribution in [2.24, 2.45) is 39.9 Å². The molecule has 7 atom stereocenters. The average Bonchev–Trinajstić information content (AvgIpc) is 2.71. The van der Waals surface area contributed by atoms with Crippen LogP contribution in [0.1, 0.15) is 72.1 Å². The van der Waals surface area contributed by atoms with Gasteiger partial charge in [0.15, 0.2) is 0 Å². The summed E-state index contributed by atoms with van der Waals surface area (Å²) >= 11 is 0. The second kappa shape index (κ2) is 3.89. The van der Waals surface area contributed by atoms with Crippen molar-refractivity contribution in [3.8, 4) is 0 Å². The molecule has 5 aliphatic carbocycles. The molecule has 0 N–H and O–H groups in total. The van der Waals surface area contributed by atoms with Crippen LogP contribution in [0.15, 0.2) is 0 Å². The number of ether oxygens (including phenoxy) is 1. The molecule has 1 aliphatic heterocycles. The van der Waals surface area contributed by atoms with Gasteiger partial charge in [0.05, 0.1) is 12.7 Å². The Hall–Kier alpha value is -0.0400. The molecular formula is C20H32O. The first-order valence-corrected chi connectivity index (χ1v) is 9.56. The van der Waals surface area contributed by atoms with Crippen LogP contribution in [0.2, 0.25) is 0 Å². The van der Waals surface area contributed by atoms with Crippen LogP contribution in [0.4, 0.5) is 0 Å². The fraction of sp³-hybridized carbons (Fsp3) is 1.00. The van der Waals surface area contributed by atoms with E-state index in [1.54, 1.807) is 0 Å². The van der Waals surface area contributed by atoms with E-state index in [1.807, 2.05) is 0 Å². The molecular weight excluding hydrogens is 256 g/mol. The van der Waals surface area contributed by atoms with E-state index in [2.05, 4.69) is 20.8 Å². The minimum atomic E-state index is 0.584. The molecule has 1 spiro atoms. The Morgan fingerprint density at radius 3 is 2.62 bits per heavy atom. The first kappa shape index (κ1) is 13.4. The van der Waals surface area contributed by atoms with Gasteiger partial charge in [-0.2, -0.15) is 0 Å². The largest absolute Gasteiger partial charge is 0.378 e. The quantitative estimate of drug-likeness (QED) is 0.606. The minimum absolute atomic E-state index is 0.584. The van der Waals surface area contributed by atoms with Crippen LogP contribution in [-0.2, 0) is 4.74 Å². The molecule has 6 rings (SSSR count). The second-order valence-corrected chi connectivity index (χ2v) is 10.3. The van der Waals surface area contributed by atoms with Gasteiger partial charge in [-0.05, 0) is 84.9 Å². The predicted octanol–water partition coefficient (Wildman–Crippen LogP) is 5.04. The molecule has 0 aromatic rings. The van der Waals surface area contributed by atoms with Crippen LogP contribution in [0.5, 0.6) is 0 Å². The topological polar surface area (TPSA) is 9.23 Å². The van der Waals surface area contributed by atoms with E-state index in [9.17, 15) is 0 Å². The molecule has 118 valence electrons. The average molecular weight is 288 g/mol. The standard InChI is InChI=1S/C20H32O/c1-18(2)6-4-7-19(3)16(18)5-8-20-10-13-12-21-15(11-20)14(13)9-17(19)20/h13-17H,4-12H2,1-3H3/t13-,14-,15?,16?,17+,19+,20+/m0/s1. The van der Waals surface area contributed by atoms with Gasteiger partial charge in [-0.25, -0.2) is 0 Å². The summed E-state index contributed by atoms with van der Waals surface area (Å²) in [7, 11) is 0. The first-order chi connectivity index (χ1) is 9.95. The van der Waals surface area contributed by atoms with Gasteiger partial charge in [-0.15, -0.1) is 0 Å². The van der Waals surface area contributed by atoms with E-state index < -0.39 is 0 Å². The zero-order chi connectivity index (χ0) is 14.5. The normalized spacial score (nSPS) is 60.4. The molecule has 0 aromatic heterocycles. The van der Waals surface area contributed by atoms with Crippen LogP contribution in [0.3, 0.4) is 0 Å². The Bertz CT molecular complexity index is 452. The molecule has 5 saturated carbocycles. The first-order valence-electron chi connectivity index (χ1n) is 9.56. The summed E-state index contributed by atoms with van der Waals surface area (Å²) in [5, 5.41) is 0. The van der Waals surface area contributed by atoms with Crippen LogP contribution >= 0.6 is 0 Å². The highest BCUT2D eigenvalue weighted by atomic mass is 16.5. The van der Waals surface area contributed by atoms with Crippen molar-refractivity contribution in [3.05, 3.63) is 0 Å². The van der Waals surface area contributed by atoms with Gasteiger partial charge in [-0.1, -0.05) is 27.2 Å². The Morgan fingerprint density at radius 1 is 0.952 bits per heavy atom. The van der Waals surface area contributed by atoms with E-state index >= 15 is 0 Å². The molecule has 21 heavy (non-hydrogen) atoms. The lowest BCUT2D eigenvalue weighted by atomic mass is 9.36. The number of fused-ring (bicyclic) bond motifs is 1. The second-order valence-electron chi connectivity index (χ2n) is 10.3. The third kappa shape index (κ3) is 1.53. The maximum atomic E-state index is 6.16. The van der Waals surface area contributed by atoms with Crippen LogP contribution in [0, 0.1) is 39.9 Å². The molecule has 1 saturated heterocycles. The molecule has 4 bridgehead atoms. The zero-order valence-electron chi connectivity index (χ0n) is 14.2. The van der Waals surface area contributed by atoms with Gasteiger partial charge in [0.2, 0.25) is 0 Å². The summed E-state index contributed by atoms with van der Waals surface area (Å²) in [4.78, 5) is 0. The third-order valence-corrected chi connectivity index (χ3v) is 9.13. The Labute approximate surface area is 130 Å². The lowest BCUT2D eigenvalue weighted by Crippen LogP contribution is -2.62. The molecule has 1 heterocycles. The molecule has 0 radical (unpaired) electrons. The Kier molecular flexibility index (Phi) is 2.48. The summed E-state index contributed by atoms with van der Waals surface area (Å²) in [6.07, 6.45) is 12.6. The smallest absolute Gasteiger partial charge is 0.0612 e. The number of hydrogen-bond donors (Lipinski definition) is 0. The highest BCUT2D eigenvalue weighted by Crippen LogP contribution is 2.73. The lowest BCUT2D eigenvalue weighted by Gasteiger charge is -2.68. The number of rotatable bonds is 0. The summed E-state index contributed by atoms with van der Waals surface area (Å²) < 4.78 is 6.16. The molecule has 0 amide bonds. The SMILES string of the molecule is CC1(C)CCC[C@]2(C)C1CC[C@]13CC4OC[C@H](C1)[C@@H]4C[C@@H]32. The molecule has 2 unspecified atom stereocenters. The van der Waals surface area contributed by atoms with Crippen LogP contribution in [0.25, 0.3) is 0 Å². The molecule has 1 nitrogen and oxygen atoms in total. The fourth-order valence-corrected chi connectivity index (χ4v) is 8.46. The predicted molar refractivity (Wildman–Crippen MR) is 85.0 cm³/mol. The minimum Gasteiger partial charge on any atom is -0.378 e. The molecule has 6 fully saturated rings. The lowest BCUT2D eigenvalue weighted by molar-refractivity contribution is -0.196. The van der Waals surface area contributed by atoms with Gasteiger partial charge in [0, 0.05) is 0 Å². The number of hydrogen-bond acceptors (Lipinski definition) is 1. The molecule has 6 aliphatic rings. The summed E-state index contributed by atoms with van der Waals surface area (Å²) in [5.74, 6) is 3.85. The van der Waals surface area contributed by atoms with Gasteiger partial charge in [0.1, 0.15) is 0 Å². The summed E-state index contributed by atoms with van der Waals surface area (Å²) in [5.41, 5.74) is 1.90. The van der Waals surface area contributed by atoms with Crippen molar-refractivity contribution in [1.82, 2.24) is 0 Å². The van der Waals surface area contributed by atoms with E-state index in [0.717, 1.165) is 30.3 Å². The molecule has 1 heteroatoms. The van der Waals surface area contributed by atoms with Crippen LogP contribution in [-0.4, -0.2) is 12.7 Å². The van der Waals surface area contributed by atoms with Crippen molar-refractivity contribution in [3.63, 3.8) is 0 Å². The van der Waals surface area contributed by atoms with E-state index in [1.165, 1.54) is 51.4 Å². The van der Waals surface area contributed by atoms with Crippen LogP contribution < -0.4 is 0 Å². The summed E-state index contributed by atoms with van der Waals surface area (Å²) in [6, 6.07) is 0. The van der Waals surface area contributed by atoms with Gasteiger partial charge in [-0.3, -0.25) is 0 Å². The Morgan fingerprint density at radius 2 is 1.81 bits per heavy atom. The van der Waals surface area contributed by atoms with Gasteiger partial charge in [0.25, 0.3) is 0 Å². The van der Waals surface area contributed by atoms with Gasteiger partial charge >= 0.3 is 0 Å². The van der Waals surface area contributed by atoms with Gasteiger partial charge < -0.3 is 4.74 Å². The fourth-order valence-electron chi connectivity index (χ4n) is 8.46. The third-order valence-electron chi connectivity index (χ3n) is 9.13. The van der Waals surface area contributed by atoms with Crippen molar-refractivity contribution < 1.29 is 4.74 Å². The zero-order valence-corrected chi connectivity index (χ0v) is 14.2. The van der Waals surface area contributed by atoms with Crippen molar-refractivity contribution >= 4 is 0 Å². The van der Waals surface area contributed by atoms with E-state index in [4.69, 9.17) is 4.74 Å².